The maximum absolute atomic E-state index is 11.2. The van der Waals surface area contributed by atoms with E-state index in [0.29, 0.717) is 16.3 Å². The van der Waals surface area contributed by atoms with Gasteiger partial charge in [-0.2, -0.15) is 0 Å². The minimum Gasteiger partial charge on any atom is -0.465 e. The summed E-state index contributed by atoms with van der Waals surface area (Å²) in [5, 5.41) is 0. The van der Waals surface area contributed by atoms with Crippen molar-refractivity contribution in [3.63, 3.8) is 0 Å². The predicted octanol–water partition coefficient (Wildman–Crippen LogP) is 2.63. The molecule has 0 aromatic heterocycles. The summed E-state index contributed by atoms with van der Waals surface area (Å²) >= 11 is 3.33. The minimum atomic E-state index is -0.218. The zero-order chi connectivity index (χ0) is 9.42. The van der Waals surface area contributed by atoms with Gasteiger partial charge in [0, 0.05) is 0 Å². The number of ether oxygens (including phenoxy) is 1. The van der Waals surface area contributed by atoms with E-state index in [2.05, 4.69) is 20.7 Å². The normalized spacial score (nSPS) is 34.9. The maximum Gasteiger partial charge on any atom is 0.344 e. The van der Waals surface area contributed by atoms with Crippen molar-refractivity contribution in [1.82, 2.24) is 0 Å². The van der Waals surface area contributed by atoms with Gasteiger partial charge in [0.2, 0.25) is 0 Å². The van der Waals surface area contributed by atoms with E-state index in [9.17, 15) is 4.79 Å². The highest BCUT2D eigenvalue weighted by Crippen LogP contribution is 2.57. The second-order valence-corrected chi connectivity index (χ2v) is 4.55. The Labute approximate surface area is 86.5 Å². The number of carbonyl (C=O) groups is 1. The number of fused-ring (bicyclic) bond motifs is 1. The third-order valence-electron chi connectivity index (χ3n) is 3.07. The lowest BCUT2D eigenvalue weighted by Gasteiger charge is -2.04. The number of halogens is 1. The maximum atomic E-state index is 11.2. The van der Waals surface area contributed by atoms with Crippen LogP contribution in [0.2, 0.25) is 0 Å². The lowest BCUT2D eigenvalue weighted by atomic mass is 10.0. The fraction of sp³-hybridized carbons (Fsp3) is 0.700. The summed E-state index contributed by atoms with van der Waals surface area (Å²) < 4.78 is 5.36. The summed E-state index contributed by atoms with van der Waals surface area (Å²) in [5.74, 6) is 1.15. The molecule has 2 aliphatic rings. The van der Waals surface area contributed by atoms with Crippen LogP contribution in [0.25, 0.3) is 0 Å². The molecule has 0 unspecified atom stereocenters. The average molecular weight is 245 g/mol. The third-order valence-corrected chi connectivity index (χ3v) is 3.86. The molecule has 13 heavy (non-hydrogen) atoms. The van der Waals surface area contributed by atoms with Gasteiger partial charge in [-0.15, -0.1) is 0 Å². The van der Waals surface area contributed by atoms with Crippen LogP contribution in [-0.4, -0.2) is 13.1 Å². The van der Waals surface area contributed by atoms with Gasteiger partial charge in [-0.1, -0.05) is 12.8 Å². The molecule has 0 amide bonds. The van der Waals surface area contributed by atoms with Gasteiger partial charge in [-0.3, -0.25) is 0 Å². The van der Waals surface area contributed by atoms with Crippen molar-refractivity contribution in [2.24, 2.45) is 11.8 Å². The lowest BCUT2D eigenvalue weighted by molar-refractivity contribution is -0.135. The number of rotatable bonds is 1. The van der Waals surface area contributed by atoms with Crippen molar-refractivity contribution < 1.29 is 9.53 Å². The SMILES string of the molecule is COC(=O)C(Br)=C1[C@H]2CCCC[C@@H]12. The third kappa shape index (κ3) is 1.54. The first-order valence-electron chi connectivity index (χ1n) is 4.73. The van der Waals surface area contributed by atoms with Crippen molar-refractivity contribution >= 4 is 21.9 Å². The zero-order valence-corrected chi connectivity index (χ0v) is 9.26. The first-order valence-corrected chi connectivity index (χ1v) is 5.53. The van der Waals surface area contributed by atoms with Crippen LogP contribution >= 0.6 is 15.9 Å². The molecule has 0 aromatic rings. The van der Waals surface area contributed by atoms with Gasteiger partial charge in [0.1, 0.15) is 4.48 Å². The van der Waals surface area contributed by atoms with E-state index < -0.39 is 0 Å². The number of allylic oxidation sites excluding steroid dienone is 1. The summed E-state index contributed by atoms with van der Waals surface area (Å²) in [7, 11) is 1.43. The molecule has 2 atom stereocenters. The molecule has 2 saturated carbocycles. The molecule has 3 heteroatoms. The van der Waals surface area contributed by atoms with Gasteiger partial charge < -0.3 is 4.74 Å². The minimum absolute atomic E-state index is 0.218. The Balaban J connectivity index is 2.13. The molecular weight excluding hydrogens is 232 g/mol. The van der Waals surface area contributed by atoms with Crippen molar-refractivity contribution in [2.75, 3.05) is 7.11 Å². The Morgan fingerprint density at radius 1 is 1.38 bits per heavy atom. The number of hydrogen-bond donors (Lipinski definition) is 0. The van der Waals surface area contributed by atoms with Crippen molar-refractivity contribution in [2.45, 2.75) is 25.7 Å². The highest BCUT2D eigenvalue weighted by molar-refractivity contribution is 9.12. The van der Waals surface area contributed by atoms with Crippen LogP contribution in [0.15, 0.2) is 10.1 Å². The molecule has 0 spiro atoms. The first-order chi connectivity index (χ1) is 6.25. The largest absolute Gasteiger partial charge is 0.465 e. The summed E-state index contributed by atoms with van der Waals surface area (Å²) in [5.41, 5.74) is 1.31. The number of methoxy groups -OCH3 is 1. The summed E-state index contributed by atoms with van der Waals surface area (Å²) in [6.07, 6.45) is 5.14. The molecule has 72 valence electrons. The summed E-state index contributed by atoms with van der Waals surface area (Å²) in [4.78, 5) is 11.2. The Morgan fingerprint density at radius 3 is 2.38 bits per heavy atom. The Bertz CT molecular complexity index is 256. The fourth-order valence-electron chi connectivity index (χ4n) is 2.35. The molecule has 2 fully saturated rings. The number of esters is 1. The predicted molar refractivity (Wildman–Crippen MR) is 53.4 cm³/mol. The molecular formula is C10H13BrO2. The van der Waals surface area contributed by atoms with Crippen LogP contribution in [0.3, 0.4) is 0 Å². The summed E-state index contributed by atoms with van der Waals surface area (Å²) in [6, 6.07) is 0. The monoisotopic (exact) mass is 244 g/mol. The molecule has 0 aliphatic heterocycles. The molecule has 2 nitrogen and oxygen atoms in total. The van der Waals surface area contributed by atoms with Crippen LogP contribution < -0.4 is 0 Å². The second-order valence-electron chi connectivity index (χ2n) is 3.76. The van der Waals surface area contributed by atoms with Gasteiger partial charge in [0.15, 0.2) is 0 Å². The molecule has 0 N–H and O–H groups in total. The van der Waals surface area contributed by atoms with Gasteiger partial charge in [0.25, 0.3) is 0 Å². The fourth-order valence-corrected chi connectivity index (χ4v) is 3.10. The quantitative estimate of drug-likeness (QED) is 0.524. The van der Waals surface area contributed by atoms with Crippen molar-refractivity contribution in [3.05, 3.63) is 10.1 Å². The van der Waals surface area contributed by atoms with E-state index in [1.54, 1.807) is 0 Å². The van der Waals surface area contributed by atoms with Crippen LogP contribution in [0.1, 0.15) is 25.7 Å². The molecule has 0 saturated heterocycles. The molecule has 0 aromatic carbocycles. The topological polar surface area (TPSA) is 26.3 Å². The van der Waals surface area contributed by atoms with E-state index in [0.717, 1.165) is 0 Å². The molecule has 0 radical (unpaired) electrons. The second kappa shape index (κ2) is 3.45. The van der Waals surface area contributed by atoms with Crippen LogP contribution in [0.4, 0.5) is 0 Å². The lowest BCUT2D eigenvalue weighted by Crippen LogP contribution is -1.99. The van der Waals surface area contributed by atoms with Gasteiger partial charge in [-0.25, -0.2) is 4.79 Å². The number of carbonyl (C=O) groups excluding carboxylic acids is 1. The highest BCUT2D eigenvalue weighted by Gasteiger charge is 2.47. The molecule has 2 rings (SSSR count). The Hall–Kier alpha value is -0.310. The smallest absolute Gasteiger partial charge is 0.344 e. The van der Waals surface area contributed by atoms with E-state index in [1.165, 1.54) is 38.4 Å². The van der Waals surface area contributed by atoms with Gasteiger partial charge in [0.05, 0.1) is 7.11 Å². The van der Waals surface area contributed by atoms with Gasteiger partial charge >= 0.3 is 5.97 Å². The van der Waals surface area contributed by atoms with Crippen LogP contribution in [0.5, 0.6) is 0 Å². The van der Waals surface area contributed by atoms with E-state index in [1.807, 2.05) is 0 Å². The average Bonchev–Trinajstić information content (AvgIpc) is 2.89. The van der Waals surface area contributed by atoms with Crippen molar-refractivity contribution in [3.8, 4) is 0 Å². The molecule has 0 bridgehead atoms. The van der Waals surface area contributed by atoms with Crippen LogP contribution in [-0.2, 0) is 9.53 Å². The van der Waals surface area contributed by atoms with E-state index >= 15 is 0 Å². The zero-order valence-electron chi connectivity index (χ0n) is 7.68. The van der Waals surface area contributed by atoms with Gasteiger partial charge in [-0.05, 0) is 46.2 Å². The van der Waals surface area contributed by atoms with Crippen molar-refractivity contribution in [1.29, 1.82) is 0 Å². The molecule has 0 heterocycles. The Morgan fingerprint density at radius 2 is 1.92 bits per heavy atom. The highest BCUT2D eigenvalue weighted by atomic mass is 79.9. The Kier molecular flexibility index (Phi) is 2.45. The van der Waals surface area contributed by atoms with E-state index in [-0.39, 0.29) is 5.97 Å². The number of hydrogen-bond acceptors (Lipinski definition) is 2. The van der Waals surface area contributed by atoms with Crippen LogP contribution in [0, 0.1) is 11.8 Å². The van der Waals surface area contributed by atoms with E-state index in [4.69, 9.17) is 0 Å². The standard InChI is InChI=1S/C10H13BrO2/c1-13-10(12)9(11)8-6-4-2-3-5-7(6)8/h6-7H,2-5H2,1H3/t6-,7+. The first kappa shape index (κ1) is 9.25. The molecule has 2 aliphatic carbocycles. The summed E-state index contributed by atoms with van der Waals surface area (Å²) in [6.45, 7) is 0.